The van der Waals surface area contributed by atoms with E-state index in [1.807, 2.05) is 6.92 Å². The van der Waals surface area contributed by atoms with Gasteiger partial charge in [0.05, 0.1) is 26.5 Å². The van der Waals surface area contributed by atoms with Gasteiger partial charge < -0.3 is 9.30 Å². The van der Waals surface area contributed by atoms with Crippen LogP contribution in [0.25, 0.3) is 11.0 Å². The highest BCUT2D eigenvalue weighted by molar-refractivity contribution is 7.89. The van der Waals surface area contributed by atoms with Gasteiger partial charge in [-0.15, -0.1) is 0 Å². The molecule has 0 aliphatic carbocycles. The van der Waals surface area contributed by atoms with Gasteiger partial charge in [-0.2, -0.15) is 0 Å². The van der Waals surface area contributed by atoms with E-state index in [1.54, 1.807) is 10.6 Å². The number of aromatic nitrogens is 2. The van der Waals surface area contributed by atoms with E-state index in [0.29, 0.717) is 35.5 Å². The van der Waals surface area contributed by atoms with Gasteiger partial charge in [0.15, 0.2) is 11.6 Å². The molecule has 0 spiro atoms. The number of nitrogens with zero attached hydrogens (tertiary/aromatic N) is 3. The lowest BCUT2D eigenvalue weighted by Gasteiger charge is -2.11. The van der Waals surface area contributed by atoms with Crippen molar-refractivity contribution in [1.82, 2.24) is 13.9 Å². The Balaban J connectivity index is 1.91. The summed E-state index contributed by atoms with van der Waals surface area (Å²) >= 11 is 5.80. The Morgan fingerprint density at radius 2 is 1.87 bits per heavy atom. The lowest BCUT2D eigenvalue weighted by Crippen LogP contribution is -2.22. The van der Waals surface area contributed by atoms with Crippen molar-refractivity contribution in [1.29, 1.82) is 0 Å². The van der Waals surface area contributed by atoms with Crippen molar-refractivity contribution in [2.75, 3.05) is 14.1 Å². The number of rotatable bonds is 6. The largest absolute Gasteiger partial charge is 0.454 e. The first-order valence-corrected chi connectivity index (χ1v) is 10.6. The molecule has 30 heavy (non-hydrogen) atoms. The van der Waals surface area contributed by atoms with Crippen molar-refractivity contribution in [3.8, 4) is 0 Å². The number of hydrogen-bond acceptors (Lipinski definition) is 5. The van der Waals surface area contributed by atoms with Crippen LogP contribution in [0.15, 0.2) is 35.2 Å². The highest BCUT2D eigenvalue weighted by atomic mass is 35.5. The number of esters is 1. The lowest BCUT2D eigenvalue weighted by atomic mass is 10.2. The summed E-state index contributed by atoms with van der Waals surface area (Å²) in [6, 6.07) is 5.90. The fraction of sp³-hybridized carbons (Fsp3) is 0.263. The van der Waals surface area contributed by atoms with Gasteiger partial charge in [-0.3, -0.25) is 0 Å². The summed E-state index contributed by atoms with van der Waals surface area (Å²) in [6.45, 7) is 2.06. The molecular formula is C19H18ClF2N3O4S. The topological polar surface area (TPSA) is 81.5 Å². The first kappa shape index (κ1) is 22.1. The fourth-order valence-electron chi connectivity index (χ4n) is 2.88. The summed E-state index contributed by atoms with van der Waals surface area (Å²) in [4.78, 5) is 16.7. The van der Waals surface area contributed by atoms with Crippen molar-refractivity contribution < 1.29 is 26.7 Å². The van der Waals surface area contributed by atoms with Crippen molar-refractivity contribution in [3.05, 3.63) is 58.4 Å². The summed E-state index contributed by atoms with van der Waals surface area (Å²) in [5.41, 5.74) is 0.762. The molecule has 0 radical (unpaired) electrons. The summed E-state index contributed by atoms with van der Waals surface area (Å²) in [6.07, 6.45) is 0. The van der Waals surface area contributed by atoms with Crippen LogP contribution >= 0.6 is 11.6 Å². The molecule has 0 unspecified atom stereocenters. The third-order valence-electron chi connectivity index (χ3n) is 4.46. The maximum Gasteiger partial charge on any atom is 0.340 e. The number of carbonyl (C=O) groups is 1. The normalized spacial score (nSPS) is 12.0. The third kappa shape index (κ3) is 4.03. The Morgan fingerprint density at radius 3 is 2.50 bits per heavy atom. The van der Waals surface area contributed by atoms with E-state index in [2.05, 4.69) is 4.98 Å². The maximum atomic E-state index is 13.4. The van der Waals surface area contributed by atoms with Gasteiger partial charge in [0.2, 0.25) is 10.0 Å². The van der Waals surface area contributed by atoms with E-state index in [-0.39, 0.29) is 22.1 Å². The standard InChI is InChI=1S/C19H18ClF2N3O4S/c1-4-25-17-6-5-11(30(27,28)24(2)3)7-16(17)23-18(25)10-29-19(26)12-8-14(21)15(22)9-13(12)20/h5-9H,4,10H2,1-3H3. The smallest absolute Gasteiger partial charge is 0.340 e. The number of hydrogen-bond donors (Lipinski definition) is 0. The molecule has 11 heteroatoms. The van der Waals surface area contributed by atoms with E-state index < -0.39 is 27.6 Å². The average Bonchev–Trinajstić information content (AvgIpc) is 3.05. The van der Waals surface area contributed by atoms with Crippen LogP contribution in [0.3, 0.4) is 0 Å². The van der Waals surface area contributed by atoms with Gasteiger partial charge >= 0.3 is 5.97 Å². The molecule has 3 rings (SSSR count). The first-order chi connectivity index (χ1) is 14.1. The van der Waals surface area contributed by atoms with Crippen LogP contribution in [-0.4, -0.2) is 42.3 Å². The second-order valence-electron chi connectivity index (χ2n) is 6.53. The van der Waals surface area contributed by atoms with Gasteiger partial charge in [0.1, 0.15) is 12.4 Å². The molecule has 0 aliphatic rings. The monoisotopic (exact) mass is 457 g/mol. The molecule has 1 aromatic heterocycles. The highest BCUT2D eigenvalue weighted by Gasteiger charge is 2.21. The van der Waals surface area contributed by atoms with Crippen molar-refractivity contribution in [2.45, 2.75) is 25.0 Å². The molecule has 7 nitrogen and oxygen atoms in total. The number of fused-ring (bicyclic) bond motifs is 1. The van der Waals surface area contributed by atoms with Crippen molar-refractivity contribution in [3.63, 3.8) is 0 Å². The minimum atomic E-state index is -3.63. The van der Waals surface area contributed by atoms with E-state index in [4.69, 9.17) is 16.3 Å². The number of sulfonamides is 1. The SMILES string of the molecule is CCn1c(COC(=O)c2cc(F)c(F)cc2Cl)nc2cc(S(=O)(=O)N(C)C)ccc21. The minimum absolute atomic E-state index is 0.0814. The third-order valence-corrected chi connectivity index (χ3v) is 6.58. The van der Waals surface area contributed by atoms with E-state index in [9.17, 15) is 22.0 Å². The Hall–Kier alpha value is -2.56. The summed E-state index contributed by atoms with van der Waals surface area (Å²) < 4.78 is 59.3. The molecule has 3 aromatic rings. The Bertz CT molecular complexity index is 1240. The number of halogens is 3. The van der Waals surface area contributed by atoms with Crippen molar-refractivity contribution in [2.24, 2.45) is 0 Å². The van der Waals surface area contributed by atoms with Crippen molar-refractivity contribution >= 4 is 38.6 Å². The first-order valence-electron chi connectivity index (χ1n) is 8.79. The van der Waals surface area contributed by atoms with E-state index in [0.717, 1.165) is 4.31 Å². The van der Waals surface area contributed by atoms with Crippen LogP contribution < -0.4 is 0 Å². The summed E-state index contributed by atoms with van der Waals surface area (Å²) in [5.74, 6) is -2.97. The lowest BCUT2D eigenvalue weighted by molar-refractivity contribution is 0.0458. The van der Waals surface area contributed by atoms with Gasteiger partial charge in [-0.25, -0.2) is 31.3 Å². The number of ether oxygens (including phenoxy) is 1. The molecule has 0 saturated heterocycles. The molecular weight excluding hydrogens is 440 g/mol. The Morgan fingerprint density at radius 1 is 1.20 bits per heavy atom. The summed E-state index contributed by atoms with van der Waals surface area (Å²) in [5, 5.41) is -0.276. The predicted octanol–water partition coefficient (Wildman–Crippen LogP) is 3.60. The van der Waals surface area contributed by atoms with Crippen LogP contribution in [0.4, 0.5) is 8.78 Å². The molecule has 0 atom stereocenters. The van der Waals surface area contributed by atoms with E-state index in [1.165, 1.54) is 26.2 Å². The predicted molar refractivity (Wildman–Crippen MR) is 107 cm³/mol. The van der Waals surface area contributed by atoms with Crippen LogP contribution in [0.1, 0.15) is 23.1 Å². The zero-order valence-corrected chi connectivity index (χ0v) is 17.9. The highest BCUT2D eigenvalue weighted by Crippen LogP contribution is 2.24. The average molecular weight is 458 g/mol. The van der Waals surface area contributed by atoms with Crippen LogP contribution in [0, 0.1) is 11.6 Å². The number of benzene rings is 2. The second kappa shape index (κ2) is 8.29. The Kier molecular flexibility index (Phi) is 6.11. The molecule has 0 aliphatic heterocycles. The minimum Gasteiger partial charge on any atom is -0.454 e. The van der Waals surface area contributed by atoms with E-state index >= 15 is 0 Å². The van der Waals surface area contributed by atoms with Gasteiger partial charge in [0, 0.05) is 20.6 Å². The molecule has 0 saturated carbocycles. The van der Waals surface area contributed by atoms with Gasteiger partial charge in [0.25, 0.3) is 0 Å². The molecule has 0 fully saturated rings. The molecule has 2 aromatic carbocycles. The summed E-state index contributed by atoms with van der Waals surface area (Å²) in [7, 11) is -0.777. The van der Waals surface area contributed by atoms with Crippen LogP contribution in [-0.2, 0) is 27.9 Å². The number of aryl methyl sites for hydroxylation is 1. The number of carbonyl (C=O) groups excluding carboxylic acids is 1. The van der Waals surface area contributed by atoms with Crippen LogP contribution in [0.2, 0.25) is 5.02 Å². The quantitative estimate of drug-likeness (QED) is 0.417. The molecule has 0 bridgehead atoms. The molecule has 160 valence electrons. The molecule has 0 amide bonds. The molecule has 0 N–H and O–H groups in total. The zero-order valence-electron chi connectivity index (χ0n) is 16.3. The van der Waals surface area contributed by atoms with Crippen LogP contribution in [0.5, 0.6) is 0 Å². The fourth-order valence-corrected chi connectivity index (χ4v) is 4.03. The number of imidazole rings is 1. The van der Waals surface area contributed by atoms with Gasteiger partial charge in [-0.1, -0.05) is 11.6 Å². The van der Waals surface area contributed by atoms with Gasteiger partial charge in [-0.05, 0) is 37.3 Å². The maximum absolute atomic E-state index is 13.4. The Labute approximate surface area is 176 Å². The zero-order chi connectivity index (χ0) is 22.2. The second-order valence-corrected chi connectivity index (χ2v) is 9.09. The molecule has 1 heterocycles.